The van der Waals surface area contributed by atoms with E-state index in [4.69, 9.17) is 4.74 Å². The zero-order valence-corrected chi connectivity index (χ0v) is 10.9. The van der Waals surface area contributed by atoms with E-state index in [1.807, 2.05) is 0 Å². The second kappa shape index (κ2) is 6.18. The number of rotatable bonds is 6. The van der Waals surface area contributed by atoms with Crippen molar-refractivity contribution in [2.45, 2.75) is 33.7 Å². The first-order valence-corrected chi connectivity index (χ1v) is 5.97. The maximum atomic E-state index is 11.7. The summed E-state index contributed by atoms with van der Waals surface area (Å²) in [7, 11) is 0. The molecule has 0 amide bonds. The maximum Gasteiger partial charge on any atom is 0.355 e. The van der Waals surface area contributed by atoms with Crippen LogP contribution in [0.25, 0.3) is 0 Å². The molecule has 100 valence electrons. The Morgan fingerprint density at radius 3 is 2.72 bits per heavy atom. The Hall–Kier alpha value is -1.85. The molecule has 18 heavy (non-hydrogen) atoms. The van der Waals surface area contributed by atoms with Crippen LogP contribution in [0.3, 0.4) is 0 Å². The van der Waals surface area contributed by atoms with Crippen LogP contribution in [0.1, 0.15) is 37.7 Å². The lowest BCUT2D eigenvalue weighted by molar-refractivity contribution is -0.384. The number of hydrogen-bond acceptors (Lipinski definition) is 4. The third-order valence-electron chi connectivity index (χ3n) is 2.52. The van der Waals surface area contributed by atoms with Gasteiger partial charge in [0.25, 0.3) is 5.69 Å². The summed E-state index contributed by atoms with van der Waals surface area (Å²) in [4.78, 5) is 21.9. The minimum Gasteiger partial charge on any atom is -0.461 e. The first kappa shape index (κ1) is 14.2. The third-order valence-corrected chi connectivity index (χ3v) is 2.52. The van der Waals surface area contributed by atoms with Crippen molar-refractivity contribution in [3.63, 3.8) is 0 Å². The van der Waals surface area contributed by atoms with E-state index in [1.165, 1.54) is 12.3 Å². The van der Waals surface area contributed by atoms with Crippen LogP contribution in [-0.2, 0) is 11.3 Å². The Bertz CT molecular complexity index is 437. The number of hydrogen-bond donors (Lipinski definition) is 0. The van der Waals surface area contributed by atoms with E-state index < -0.39 is 10.9 Å². The summed E-state index contributed by atoms with van der Waals surface area (Å²) in [6.07, 6.45) is 2.23. The molecule has 1 aromatic rings. The van der Waals surface area contributed by atoms with E-state index in [1.54, 1.807) is 11.5 Å². The lowest BCUT2D eigenvalue weighted by Gasteiger charge is -2.09. The normalized spacial score (nSPS) is 10.7. The van der Waals surface area contributed by atoms with Crippen molar-refractivity contribution in [2.75, 3.05) is 6.61 Å². The second-order valence-corrected chi connectivity index (χ2v) is 4.44. The zero-order valence-electron chi connectivity index (χ0n) is 10.9. The first-order chi connectivity index (χ1) is 8.45. The van der Waals surface area contributed by atoms with Gasteiger partial charge in [0.15, 0.2) is 0 Å². The van der Waals surface area contributed by atoms with Gasteiger partial charge in [-0.3, -0.25) is 10.1 Å². The summed E-state index contributed by atoms with van der Waals surface area (Å²) in [5, 5.41) is 10.7. The van der Waals surface area contributed by atoms with Crippen LogP contribution in [0.5, 0.6) is 0 Å². The molecule has 1 aromatic heterocycles. The number of ether oxygens (including phenoxy) is 1. The number of carbonyl (C=O) groups excluding carboxylic acids is 1. The van der Waals surface area contributed by atoms with E-state index in [0.29, 0.717) is 12.5 Å². The largest absolute Gasteiger partial charge is 0.461 e. The highest BCUT2D eigenvalue weighted by Gasteiger charge is 2.20. The Kier molecular flexibility index (Phi) is 4.88. The van der Waals surface area contributed by atoms with Gasteiger partial charge in [0.2, 0.25) is 0 Å². The molecule has 0 aliphatic carbocycles. The van der Waals surface area contributed by atoms with Crippen LogP contribution in [0.15, 0.2) is 12.3 Å². The molecule has 0 saturated heterocycles. The Labute approximate surface area is 106 Å². The van der Waals surface area contributed by atoms with E-state index in [2.05, 4.69) is 13.8 Å². The Morgan fingerprint density at radius 1 is 1.56 bits per heavy atom. The van der Waals surface area contributed by atoms with Gasteiger partial charge in [0.1, 0.15) is 5.69 Å². The molecule has 0 aliphatic heterocycles. The minimum absolute atomic E-state index is 0.0817. The average molecular weight is 254 g/mol. The standard InChI is InChI=1S/C12H18N2O4/c1-4-18-12(15)11-7-10(14(16)17)8-13(11)6-5-9(2)3/h7-9H,4-6H2,1-3H3. The molecule has 0 unspecified atom stereocenters. The SMILES string of the molecule is CCOC(=O)c1cc([N+](=O)[O-])cn1CCC(C)C. The molecular weight excluding hydrogens is 236 g/mol. The van der Waals surface area contributed by atoms with Gasteiger partial charge in [-0.15, -0.1) is 0 Å². The number of nitrogens with zero attached hydrogens (tertiary/aromatic N) is 2. The first-order valence-electron chi connectivity index (χ1n) is 5.97. The van der Waals surface area contributed by atoms with Gasteiger partial charge in [0.05, 0.1) is 17.7 Å². The molecule has 0 fully saturated rings. The van der Waals surface area contributed by atoms with Crippen LogP contribution in [0.2, 0.25) is 0 Å². The topological polar surface area (TPSA) is 74.4 Å². The molecule has 0 bridgehead atoms. The highest BCUT2D eigenvalue weighted by molar-refractivity contribution is 5.88. The molecule has 0 radical (unpaired) electrons. The highest BCUT2D eigenvalue weighted by atomic mass is 16.6. The quantitative estimate of drug-likeness (QED) is 0.444. The molecule has 0 N–H and O–H groups in total. The van der Waals surface area contributed by atoms with Crippen LogP contribution in [0, 0.1) is 16.0 Å². The fourth-order valence-corrected chi connectivity index (χ4v) is 1.55. The van der Waals surface area contributed by atoms with Crippen molar-refractivity contribution in [2.24, 2.45) is 5.92 Å². The van der Waals surface area contributed by atoms with Crippen molar-refractivity contribution >= 4 is 11.7 Å². The predicted molar refractivity (Wildman–Crippen MR) is 66.5 cm³/mol. The van der Waals surface area contributed by atoms with Gasteiger partial charge in [0, 0.05) is 12.6 Å². The van der Waals surface area contributed by atoms with Gasteiger partial charge < -0.3 is 9.30 Å². The second-order valence-electron chi connectivity index (χ2n) is 4.44. The summed E-state index contributed by atoms with van der Waals surface area (Å²) < 4.78 is 6.48. The van der Waals surface area contributed by atoms with Gasteiger partial charge in [-0.1, -0.05) is 13.8 Å². The van der Waals surface area contributed by atoms with Crippen molar-refractivity contribution < 1.29 is 14.5 Å². The van der Waals surface area contributed by atoms with E-state index in [-0.39, 0.29) is 18.0 Å². The predicted octanol–water partition coefficient (Wildman–Crippen LogP) is 2.62. The summed E-state index contributed by atoms with van der Waals surface area (Å²) in [5.74, 6) is -0.0594. The smallest absolute Gasteiger partial charge is 0.355 e. The highest BCUT2D eigenvalue weighted by Crippen LogP contribution is 2.18. The van der Waals surface area contributed by atoms with Crippen LogP contribution in [-0.4, -0.2) is 22.1 Å². The Morgan fingerprint density at radius 2 is 2.22 bits per heavy atom. The number of aromatic nitrogens is 1. The van der Waals surface area contributed by atoms with Crippen LogP contribution >= 0.6 is 0 Å². The van der Waals surface area contributed by atoms with Crippen molar-refractivity contribution in [1.82, 2.24) is 4.57 Å². The van der Waals surface area contributed by atoms with E-state index in [0.717, 1.165) is 6.42 Å². The average Bonchev–Trinajstić information content (AvgIpc) is 2.70. The molecule has 0 spiro atoms. The van der Waals surface area contributed by atoms with Crippen molar-refractivity contribution in [3.05, 3.63) is 28.1 Å². The van der Waals surface area contributed by atoms with E-state index in [9.17, 15) is 14.9 Å². The number of carbonyl (C=O) groups is 1. The molecule has 0 aromatic carbocycles. The lowest BCUT2D eigenvalue weighted by atomic mass is 10.1. The monoisotopic (exact) mass is 254 g/mol. The van der Waals surface area contributed by atoms with E-state index >= 15 is 0 Å². The lowest BCUT2D eigenvalue weighted by Crippen LogP contribution is -2.12. The van der Waals surface area contributed by atoms with Gasteiger partial charge in [-0.25, -0.2) is 4.79 Å². The molecule has 1 heterocycles. The molecule has 0 atom stereocenters. The fourth-order valence-electron chi connectivity index (χ4n) is 1.55. The molecule has 6 heteroatoms. The van der Waals surface area contributed by atoms with Crippen molar-refractivity contribution in [3.8, 4) is 0 Å². The van der Waals surface area contributed by atoms with Gasteiger partial charge in [-0.05, 0) is 19.3 Å². The molecule has 0 aliphatic rings. The molecule has 0 saturated carbocycles. The summed E-state index contributed by atoms with van der Waals surface area (Å²) in [6.45, 7) is 6.64. The number of nitro groups is 1. The maximum absolute atomic E-state index is 11.7. The van der Waals surface area contributed by atoms with Gasteiger partial charge in [-0.2, -0.15) is 0 Å². The Balaban J connectivity index is 2.97. The van der Waals surface area contributed by atoms with Gasteiger partial charge >= 0.3 is 5.97 Å². The molecule has 6 nitrogen and oxygen atoms in total. The fraction of sp³-hybridized carbons (Fsp3) is 0.583. The van der Waals surface area contributed by atoms with Crippen LogP contribution < -0.4 is 0 Å². The zero-order chi connectivity index (χ0) is 13.7. The van der Waals surface area contributed by atoms with Crippen molar-refractivity contribution in [1.29, 1.82) is 0 Å². The summed E-state index contributed by atoms with van der Waals surface area (Å²) in [6, 6.07) is 1.26. The summed E-state index contributed by atoms with van der Waals surface area (Å²) in [5.41, 5.74) is 0.158. The molecule has 1 rings (SSSR count). The number of aryl methyl sites for hydroxylation is 1. The summed E-state index contributed by atoms with van der Waals surface area (Å²) >= 11 is 0. The van der Waals surface area contributed by atoms with Crippen LogP contribution in [0.4, 0.5) is 5.69 Å². The third kappa shape index (κ3) is 3.58. The minimum atomic E-state index is -0.519. The number of esters is 1. The molecular formula is C12H18N2O4.